The first-order valence-electron chi connectivity index (χ1n) is 4.37. The summed E-state index contributed by atoms with van der Waals surface area (Å²) in [6, 6.07) is 2.56. The van der Waals surface area contributed by atoms with Crippen LogP contribution in [-0.4, -0.2) is 22.6 Å². The van der Waals surface area contributed by atoms with Crippen molar-refractivity contribution in [2.24, 2.45) is 0 Å². The zero-order chi connectivity index (χ0) is 8.39. The second-order valence-electron chi connectivity index (χ2n) is 3.27. The van der Waals surface area contributed by atoms with Crippen molar-refractivity contribution >= 4 is 0 Å². The highest BCUT2D eigenvalue weighted by Crippen LogP contribution is 2.24. The second-order valence-corrected chi connectivity index (χ2v) is 3.27. The maximum absolute atomic E-state index is 4.26. The minimum absolute atomic E-state index is 0.555. The van der Waals surface area contributed by atoms with Gasteiger partial charge in [-0.1, -0.05) is 0 Å². The number of rotatable bonds is 1. The van der Waals surface area contributed by atoms with Gasteiger partial charge in [0.25, 0.3) is 0 Å². The van der Waals surface area contributed by atoms with Crippen molar-refractivity contribution in [1.82, 2.24) is 15.3 Å². The Labute approximate surface area is 72.2 Å². The Hall–Kier alpha value is -0.960. The Morgan fingerprint density at radius 3 is 3.08 bits per heavy atom. The van der Waals surface area contributed by atoms with Gasteiger partial charge in [-0.25, -0.2) is 9.97 Å². The van der Waals surface area contributed by atoms with Crippen molar-refractivity contribution in [3.05, 3.63) is 24.3 Å². The van der Waals surface area contributed by atoms with Crippen molar-refractivity contribution in [2.75, 3.05) is 6.54 Å². The molecule has 0 saturated carbocycles. The Bertz CT molecular complexity index is 247. The summed E-state index contributed by atoms with van der Waals surface area (Å²) in [6.07, 6.45) is 4.63. The van der Waals surface area contributed by atoms with E-state index < -0.39 is 0 Å². The van der Waals surface area contributed by atoms with Crippen LogP contribution in [0.3, 0.4) is 0 Å². The molecule has 0 radical (unpaired) electrons. The fraction of sp³-hybridized carbons (Fsp3) is 0.556. The molecule has 1 aliphatic rings. The highest BCUT2D eigenvalue weighted by Gasteiger charge is 2.24. The van der Waals surface area contributed by atoms with E-state index in [2.05, 4.69) is 22.2 Å². The molecule has 0 bridgehead atoms. The highest BCUT2D eigenvalue weighted by molar-refractivity contribution is 5.10. The summed E-state index contributed by atoms with van der Waals surface area (Å²) in [5, 5.41) is 3.41. The first kappa shape index (κ1) is 7.68. The number of nitrogens with zero attached hydrogens (tertiary/aromatic N) is 2. The molecule has 2 unspecified atom stereocenters. The summed E-state index contributed by atoms with van der Waals surface area (Å²) in [6.45, 7) is 3.32. The minimum atomic E-state index is 0.555. The molecule has 2 rings (SSSR count). The molecule has 3 heteroatoms. The van der Waals surface area contributed by atoms with Crippen LogP contribution in [0.1, 0.15) is 25.0 Å². The normalized spacial score (nSPS) is 29.1. The first-order chi connectivity index (χ1) is 5.88. The lowest BCUT2D eigenvalue weighted by Crippen LogP contribution is -2.22. The Morgan fingerprint density at radius 2 is 2.50 bits per heavy atom. The standard InChI is InChI=1S/C9H13N3/c1-7-8(2-5-11-7)9-3-4-10-6-12-9/h3-4,6-8,11H,2,5H2,1H3. The summed E-state index contributed by atoms with van der Waals surface area (Å²) in [5.41, 5.74) is 1.17. The first-order valence-corrected chi connectivity index (χ1v) is 4.37. The highest BCUT2D eigenvalue weighted by atomic mass is 15.0. The summed E-state index contributed by atoms with van der Waals surface area (Å²) in [5.74, 6) is 0.577. The number of hydrogen-bond donors (Lipinski definition) is 1. The van der Waals surface area contributed by atoms with Gasteiger partial charge in [-0.2, -0.15) is 0 Å². The molecule has 1 fully saturated rings. The molecule has 3 nitrogen and oxygen atoms in total. The van der Waals surface area contributed by atoms with Gasteiger partial charge in [0, 0.05) is 23.9 Å². The molecule has 0 amide bonds. The molecule has 1 saturated heterocycles. The average molecular weight is 163 g/mol. The monoisotopic (exact) mass is 163 g/mol. The lowest BCUT2D eigenvalue weighted by molar-refractivity contribution is 0.581. The third-order valence-corrected chi connectivity index (χ3v) is 2.51. The van der Waals surface area contributed by atoms with Gasteiger partial charge >= 0.3 is 0 Å². The van der Waals surface area contributed by atoms with Gasteiger partial charge in [0.15, 0.2) is 0 Å². The summed E-state index contributed by atoms with van der Waals surface area (Å²) >= 11 is 0. The predicted octanol–water partition coefficient (Wildman–Crippen LogP) is 0.942. The molecule has 64 valence electrons. The Balaban J connectivity index is 2.19. The van der Waals surface area contributed by atoms with E-state index in [4.69, 9.17) is 0 Å². The van der Waals surface area contributed by atoms with E-state index in [0.29, 0.717) is 12.0 Å². The SMILES string of the molecule is CC1NCCC1c1ccncn1. The average Bonchev–Trinajstić information content (AvgIpc) is 2.53. The van der Waals surface area contributed by atoms with E-state index in [1.807, 2.05) is 12.3 Å². The van der Waals surface area contributed by atoms with E-state index >= 15 is 0 Å². The van der Waals surface area contributed by atoms with Gasteiger partial charge < -0.3 is 5.32 Å². The van der Waals surface area contributed by atoms with Crippen LogP contribution in [0.2, 0.25) is 0 Å². The van der Waals surface area contributed by atoms with Crippen molar-refractivity contribution in [3.8, 4) is 0 Å². The maximum Gasteiger partial charge on any atom is 0.115 e. The molecular weight excluding hydrogens is 150 g/mol. The van der Waals surface area contributed by atoms with Crippen LogP contribution < -0.4 is 5.32 Å². The largest absolute Gasteiger partial charge is 0.314 e. The van der Waals surface area contributed by atoms with Crippen LogP contribution in [0.5, 0.6) is 0 Å². The Kier molecular flexibility index (Phi) is 2.04. The van der Waals surface area contributed by atoms with Gasteiger partial charge in [-0.3, -0.25) is 0 Å². The summed E-state index contributed by atoms with van der Waals surface area (Å²) < 4.78 is 0. The van der Waals surface area contributed by atoms with Crippen molar-refractivity contribution in [1.29, 1.82) is 0 Å². The molecule has 2 heterocycles. The molecule has 1 aromatic heterocycles. The van der Waals surface area contributed by atoms with Crippen LogP contribution in [0, 0.1) is 0 Å². The van der Waals surface area contributed by atoms with Crippen molar-refractivity contribution < 1.29 is 0 Å². The molecule has 12 heavy (non-hydrogen) atoms. The topological polar surface area (TPSA) is 37.8 Å². The minimum Gasteiger partial charge on any atom is -0.314 e. The zero-order valence-corrected chi connectivity index (χ0v) is 7.20. The van der Waals surface area contributed by atoms with Crippen molar-refractivity contribution in [3.63, 3.8) is 0 Å². The van der Waals surface area contributed by atoms with Gasteiger partial charge in [-0.05, 0) is 26.0 Å². The van der Waals surface area contributed by atoms with E-state index in [1.54, 1.807) is 6.33 Å². The third-order valence-electron chi connectivity index (χ3n) is 2.51. The second kappa shape index (κ2) is 3.19. The number of hydrogen-bond acceptors (Lipinski definition) is 3. The molecule has 1 aliphatic heterocycles. The van der Waals surface area contributed by atoms with Crippen LogP contribution in [0.15, 0.2) is 18.6 Å². The molecule has 1 N–H and O–H groups in total. The quantitative estimate of drug-likeness (QED) is 0.669. The van der Waals surface area contributed by atoms with E-state index in [0.717, 1.165) is 6.54 Å². The Morgan fingerprint density at radius 1 is 1.58 bits per heavy atom. The fourth-order valence-corrected chi connectivity index (χ4v) is 1.78. The van der Waals surface area contributed by atoms with E-state index in [-0.39, 0.29) is 0 Å². The lowest BCUT2D eigenvalue weighted by Gasteiger charge is -2.13. The predicted molar refractivity (Wildman–Crippen MR) is 46.9 cm³/mol. The van der Waals surface area contributed by atoms with E-state index in [9.17, 15) is 0 Å². The maximum atomic E-state index is 4.26. The van der Waals surface area contributed by atoms with Gasteiger partial charge in [0.05, 0.1) is 0 Å². The molecule has 2 atom stereocenters. The summed E-state index contributed by atoms with van der Waals surface area (Å²) in [7, 11) is 0. The van der Waals surface area contributed by atoms with Crippen LogP contribution >= 0.6 is 0 Å². The van der Waals surface area contributed by atoms with Gasteiger partial charge in [-0.15, -0.1) is 0 Å². The van der Waals surface area contributed by atoms with Gasteiger partial charge in [0.2, 0.25) is 0 Å². The molecular formula is C9H13N3. The molecule has 0 aromatic carbocycles. The molecule has 1 aromatic rings. The van der Waals surface area contributed by atoms with Gasteiger partial charge in [0.1, 0.15) is 6.33 Å². The van der Waals surface area contributed by atoms with E-state index in [1.165, 1.54) is 12.1 Å². The van der Waals surface area contributed by atoms with Crippen LogP contribution in [-0.2, 0) is 0 Å². The molecule has 0 spiro atoms. The lowest BCUT2D eigenvalue weighted by atomic mass is 9.98. The number of nitrogens with one attached hydrogen (secondary N) is 1. The smallest absolute Gasteiger partial charge is 0.115 e. The van der Waals surface area contributed by atoms with Crippen LogP contribution in [0.4, 0.5) is 0 Å². The summed E-state index contributed by atoms with van der Waals surface area (Å²) in [4.78, 5) is 8.17. The zero-order valence-electron chi connectivity index (χ0n) is 7.20. The number of aromatic nitrogens is 2. The van der Waals surface area contributed by atoms with Crippen molar-refractivity contribution in [2.45, 2.75) is 25.3 Å². The molecule has 0 aliphatic carbocycles. The fourth-order valence-electron chi connectivity index (χ4n) is 1.78. The third kappa shape index (κ3) is 1.32. The van der Waals surface area contributed by atoms with Crippen LogP contribution in [0.25, 0.3) is 0 Å².